The molecule has 300 valence electrons. The van der Waals surface area contributed by atoms with E-state index < -0.39 is 24.2 Å². The molecule has 7 atom stereocenters. The monoisotopic (exact) mass is 753 g/mol. The van der Waals surface area contributed by atoms with Gasteiger partial charge in [0.1, 0.15) is 24.1 Å². The van der Waals surface area contributed by atoms with Gasteiger partial charge in [0.15, 0.2) is 0 Å². The van der Waals surface area contributed by atoms with Crippen LogP contribution in [0.5, 0.6) is 11.5 Å². The summed E-state index contributed by atoms with van der Waals surface area (Å²) in [6, 6.07) is 5.50. The molecule has 0 spiro atoms. The highest BCUT2D eigenvalue weighted by molar-refractivity contribution is 6.03. The van der Waals surface area contributed by atoms with Gasteiger partial charge in [0, 0.05) is 63.7 Å². The molecule has 1 aromatic rings. The summed E-state index contributed by atoms with van der Waals surface area (Å²) in [5, 5.41) is 24.6. The van der Waals surface area contributed by atoms with Crippen molar-refractivity contribution in [3.05, 3.63) is 48.1 Å². The zero-order valence-electron chi connectivity index (χ0n) is 32.5. The number of hydrogen-bond donors (Lipinski definition) is 2. The predicted octanol–water partition coefficient (Wildman–Crippen LogP) is 6.41. The smallest absolute Gasteiger partial charge is 0.410 e. The van der Waals surface area contributed by atoms with E-state index in [-0.39, 0.29) is 50.1 Å². The molecule has 0 bridgehead atoms. The van der Waals surface area contributed by atoms with Gasteiger partial charge in [-0.05, 0) is 87.5 Å². The van der Waals surface area contributed by atoms with Gasteiger partial charge in [-0.1, -0.05) is 37.1 Å². The van der Waals surface area contributed by atoms with Crippen LogP contribution in [-0.4, -0.2) is 116 Å². The highest BCUT2D eigenvalue weighted by Crippen LogP contribution is 2.62. The van der Waals surface area contributed by atoms with Crippen molar-refractivity contribution in [1.29, 1.82) is 0 Å². The van der Waals surface area contributed by atoms with E-state index in [0.717, 1.165) is 93.6 Å². The van der Waals surface area contributed by atoms with Crippen molar-refractivity contribution in [2.45, 2.75) is 109 Å². The molecule has 2 aliphatic carbocycles. The Morgan fingerprint density at radius 2 is 1.94 bits per heavy atom. The molecule has 12 heteroatoms. The summed E-state index contributed by atoms with van der Waals surface area (Å²) in [5.41, 5.74) is 2.80. The van der Waals surface area contributed by atoms with E-state index in [1.54, 1.807) is 11.0 Å². The van der Waals surface area contributed by atoms with Gasteiger partial charge in [-0.3, -0.25) is 9.80 Å². The lowest BCUT2D eigenvalue weighted by molar-refractivity contribution is -0.255. The van der Waals surface area contributed by atoms with Crippen LogP contribution in [-0.2, 0) is 19.0 Å². The molecule has 2 saturated heterocycles. The average Bonchev–Trinajstić information content (AvgIpc) is 4.02. The number of aliphatic hydroxyl groups excluding tert-OH is 2. The van der Waals surface area contributed by atoms with Crippen molar-refractivity contribution in [2.75, 3.05) is 65.8 Å². The minimum Gasteiger partial charge on any atom is -0.492 e. The van der Waals surface area contributed by atoms with Crippen LogP contribution in [0.25, 0.3) is 0 Å². The fourth-order valence-electron chi connectivity index (χ4n) is 9.06. The van der Waals surface area contributed by atoms with Gasteiger partial charge in [0.2, 0.25) is 12.1 Å². The number of allylic oxidation sites excluding steroid dienone is 1. The normalized spacial score (nSPS) is 29.3. The molecule has 5 aliphatic rings. The van der Waals surface area contributed by atoms with Gasteiger partial charge in [0.05, 0.1) is 31.5 Å². The Morgan fingerprint density at radius 1 is 1.13 bits per heavy atom. The molecule has 3 aliphatic heterocycles. The third-order valence-corrected chi connectivity index (χ3v) is 11.6. The van der Waals surface area contributed by atoms with Crippen molar-refractivity contribution < 1.29 is 43.5 Å². The van der Waals surface area contributed by atoms with Gasteiger partial charge in [-0.25, -0.2) is 4.79 Å². The number of amides is 1. The topological polar surface area (TPSA) is 132 Å². The fourth-order valence-corrected chi connectivity index (χ4v) is 9.06. The zero-order valence-corrected chi connectivity index (χ0v) is 32.5. The lowest BCUT2D eigenvalue weighted by Crippen LogP contribution is -2.70. The summed E-state index contributed by atoms with van der Waals surface area (Å²) >= 11 is 0. The molecule has 1 amide bonds. The van der Waals surface area contributed by atoms with E-state index in [9.17, 15) is 15.0 Å². The van der Waals surface area contributed by atoms with E-state index in [1.165, 1.54) is 0 Å². The van der Waals surface area contributed by atoms with E-state index in [0.29, 0.717) is 44.8 Å². The quantitative estimate of drug-likeness (QED) is 0.0629. The average molecular weight is 754 g/mol. The van der Waals surface area contributed by atoms with Crippen molar-refractivity contribution in [1.82, 2.24) is 9.80 Å². The molecule has 6 rings (SSSR count). The molecule has 3 heterocycles. The van der Waals surface area contributed by atoms with Gasteiger partial charge < -0.3 is 38.7 Å². The summed E-state index contributed by atoms with van der Waals surface area (Å²) in [7, 11) is 0. The molecule has 1 saturated carbocycles. The first-order valence-electron chi connectivity index (χ1n) is 20.6. The van der Waals surface area contributed by atoms with E-state index in [2.05, 4.69) is 23.6 Å². The highest BCUT2D eigenvalue weighted by Gasteiger charge is 2.65. The van der Waals surface area contributed by atoms with Crippen LogP contribution >= 0.6 is 0 Å². The second kappa shape index (κ2) is 19.6. The second-order valence-corrected chi connectivity index (χ2v) is 15.3. The molecular weight excluding hydrogens is 690 g/mol. The van der Waals surface area contributed by atoms with Crippen LogP contribution in [0.15, 0.2) is 47.7 Å². The minimum absolute atomic E-state index is 0.114. The third kappa shape index (κ3) is 9.26. The number of hydrogen-bond acceptors (Lipinski definition) is 11. The molecule has 2 N–H and O–H groups in total. The number of benzene rings is 1. The molecule has 0 radical (unpaired) electrons. The van der Waals surface area contributed by atoms with Crippen LogP contribution in [0.2, 0.25) is 0 Å². The maximum Gasteiger partial charge on any atom is 0.410 e. The first-order valence-corrected chi connectivity index (χ1v) is 20.6. The number of ether oxygens (including phenoxy) is 5. The first kappa shape index (κ1) is 40.5. The standard InChI is InChI=1S/C42H63N3O9/c1-4-18-45(41(48)49-6-3)37-29-35(43-54-38-15-9-12-25-51-38)33-27-30(13-7-10-22-46)32(14-8-11-23-47)39-34-28-31(50-26-21-44-19-20-44)16-17-36(34)53-42(37,40(33)39)52-24-5-2/h5,16-17,27-28,30,32,37-40,46-47H,2,4,6-15,18-26,29H2,1,3H3/t30-,32+,37-,38?,39+,40+,42+/m0/s1. The summed E-state index contributed by atoms with van der Waals surface area (Å²) in [4.78, 5) is 24.3. The minimum atomic E-state index is -1.31. The molecule has 0 aromatic heterocycles. The Morgan fingerprint density at radius 3 is 2.65 bits per heavy atom. The summed E-state index contributed by atoms with van der Waals surface area (Å²) in [5.74, 6) is -0.0304. The highest BCUT2D eigenvalue weighted by atomic mass is 16.8. The number of aliphatic hydroxyl groups is 2. The van der Waals surface area contributed by atoms with Gasteiger partial charge in [0.25, 0.3) is 0 Å². The van der Waals surface area contributed by atoms with Crippen molar-refractivity contribution in [3.8, 4) is 11.5 Å². The maximum atomic E-state index is 14.0. The van der Waals surface area contributed by atoms with E-state index >= 15 is 0 Å². The number of nitrogens with zero attached hydrogens (tertiary/aromatic N) is 3. The van der Waals surface area contributed by atoms with Crippen molar-refractivity contribution >= 4 is 11.8 Å². The van der Waals surface area contributed by atoms with E-state index in [1.807, 2.05) is 26.0 Å². The fraction of sp³-hybridized carbons (Fsp3) is 0.714. The molecule has 1 aromatic carbocycles. The van der Waals surface area contributed by atoms with E-state index in [4.69, 9.17) is 33.7 Å². The number of unbranched alkanes of at least 4 members (excludes halogenated alkanes) is 2. The number of rotatable bonds is 21. The van der Waals surface area contributed by atoms with Crippen LogP contribution in [0.4, 0.5) is 4.79 Å². The number of carbonyl (C=O) groups is 1. The van der Waals surface area contributed by atoms with Crippen LogP contribution in [0.1, 0.15) is 96.0 Å². The molecule has 54 heavy (non-hydrogen) atoms. The maximum absolute atomic E-state index is 14.0. The molecular formula is C42H63N3O9. The van der Waals surface area contributed by atoms with Crippen molar-refractivity contribution in [3.63, 3.8) is 0 Å². The summed E-state index contributed by atoms with van der Waals surface area (Å²) in [6.45, 7) is 13.4. The largest absolute Gasteiger partial charge is 0.492 e. The molecule has 1 unspecified atom stereocenters. The first-order chi connectivity index (χ1) is 26.5. The number of oxime groups is 1. The molecule has 3 fully saturated rings. The predicted molar refractivity (Wildman–Crippen MR) is 206 cm³/mol. The number of carbonyl (C=O) groups excluding carboxylic acids is 1. The molecule has 12 nitrogen and oxygen atoms in total. The van der Waals surface area contributed by atoms with Gasteiger partial charge in [-0.2, -0.15) is 0 Å². The van der Waals surface area contributed by atoms with Gasteiger partial charge in [-0.15, -0.1) is 6.58 Å². The second-order valence-electron chi connectivity index (χ2n) is 15.3. The number of fused-ring (bicyclic) bond motifs is 2. The van der Waals surface area contributed by atoms with Crippen LogP contribution < -0.4 is 9.47 Å². The van der Waals surface area contributed by atoms with Crippen LogP contribution in [0.3, 0.4) is 0 Å². The lowest BCUT2D eigenvalue weighted by Gasteiger charge is -2.60. The third-order valence-electron chi connectivity index (χ3n) is 11.6. The van der Waals surface area contributed by atoms with Crippen molar-refractivity contribution in [2.24, 2.45) is 22.9 Å². The van der Waals surface area contributed by atoms with Gasteiger partial charge >= 0.3 is 6.09 Å². The SMILES string of the molecule is C=CCO[C@@]12Oc3ccc(OCCN4CC4)cc3[C@H]3[C@H](CCCCO)[C@@H](CCCCO)C=C(C(=NOC4CCCCO4)C[C@@H]1N(CCC)C(=O)OCC)[C@H]32. The summed E-state index contributed by atoms with van der Waals surface area (Å²) < 4.78 is 32.3. The summed E-state index contributed by atoms with van der Waals surface area (Å²) in [6.07, 6.45) is 11.9. The zero-order chi connectivity index (χ0) is 37.9. The Bertz CT molecular complexity index is 1440. The lowest BCUT2D eigenvalue weighted by atomic mass is 9.55. The van der Waals surface area contributed by atoms with Crippen LogP contribution in [0, 0.1) is 17.8 Å². The Balaban J connectivity index is 1.54. The Hall–Kier alpha value is -3.16. The Labute approximate surface area is 321 Å². The Kier molecular flexibility index (Phi) is 14.7.